The first-order valence-electron chi connectivity index (χ1n) is 7.19. The van der Waals surface area contributed by atoms with E-state index in [0.717, 1.165) is 17.0 Å². The van der Waals surface area contributed by atoms with E-state index in [4.69, 9.17) is 4.74 Å². The molecular weight excluding hydrogens is 330 g/mol. The molecule has 3 aromatic rings. The lowest BCUT2D eigenvalue weighted by Crippen LogP contribution is -2.13. The van der Waals surface area contributed by atoms with Gasteiger partial charge in [-0.25, -0.2) is 4.79 Å². The quantitative estimate of drug-likeness (QED) is 0.497. The lowest BCUT2D eigenvalue weighted by molar-refractivity contribution is 0.0480. The fourth-order valence-corrected chi connectivity index (χ4v) is 3.79. The highest BCUT2D eigenvalue weighted by atomic mass is 32.1. The molecule has 3 rings (SSSR count). The first-order chi connectivity index (χ1) is 11.2. The summed E-state index contributed by atoms with van der Waals surface area (Å²) in [5, 5.41) is 1.83. The van der Waals surface area contributed by atoms with Crippen molar-refractivity contribution >= 4 is 34.4 Å². The Hall–Kier alpha value is -2.18. The predicted octanol–water partition coefficient (Wildman–Crippen LogP) is 4.20. The van der Waals surface area contributed by atoms with Crippen LogP contribution < -0.4 is 0 Å². The van der Waals surface area contributed by atoms with Crippen molar-refractivity contribution in [2.75, 3.05) is 6.61 Å². The van der Waals surface area contributed by atoms with Crippen LogP contribution in [0.3, 0.4) is 0 Å². The van der Waals surface area contributed by atoms with Gasteiger partial charge in [-0.3, -0.25) is 4.79 Å². The van der Waals surface area contributed by atoms with Crippen LogP contribution in [0, 0.1) is 0 Å². The summed E-state index contributed by atoms with van der Waals surface area (Å²) >= 11 is 2.76. The average Bonchev–Trinajstić information content (AvgIpc) is 3.32. The van der Waals surface area contributed by atoms with Gasteiger partial charge in [0.25, 0.3) is 0 Å². The van der Waals surface area contributed by atoms with Crippen molar-refractivity contribution in [3.63, 3.8) is 0 Å². The monoisotopic (exact) mass is 345 g/mol. The smallest absolute Gasteiger partial charge is 0.350 e. The molecule has 0 unspecified atom stereocenters. The van der Waals surface area contributed by atoms with Gasteiger partial charge in [0.2, 0.25) is 5.78 Å². The zero-order valence-electron chi connectivity index (χ0n) is 12.5. The normalized spacial score (nSPS) is 10.7. The summed E-state index contributed by atoms with van der Waals surface area (Å²) in [6.45, 7) is 1.81. The van der Waals surface area contributed by atoms with Gasteiger partial charge < -0.3 is 9.30 Å². The lowest BCUT2D eigenvalue weighted by Gasteiger charge is -2.05. The van der Waals surface area contributed by atoms with Gasteiger partial charge in [-0.05, 0) is 42.1 Å². The van der Waals surface area contributed by atoms with E-state index in [1.54, 1.807) is 6.07 Å². The minimum Gasteiger partial charge on any atom is -0.453 e. The van der Waals surface area contributed by atoms with Gasteiger partial charge in [-0.2, -0.15) is 0 Å². The van der Waals surface area contributed by atoms with Crippen molar-refractivity contribution in [1.29, 1.82) is 0 Å². The molecule has 0 spiro atoms. The maximum Gasteiger partial charge on any atom is 0.350 e. The Kier molecular flexibility index (Phi) is 4.73. The number of hydrogen-bond donors (Lipinski definition) is 0. The number of Topliss-reactive ketones (excluding diaryl/α,β-unsaturated/α-hetero) is 1. The predicted molar refractivity (Wildman–Crippen MR) is 92.0 cm³/mol. The van der Waals surface area contributed by atoms with Gasteiger partial charge in [-0.1, -0.05) is 6.92 Å². The lowest BCUT2D eigenvalue weighted by atomic mass is 10.3. The molecule has 3 heterocycles. The number of aromatic nitrogens is 1. The summed E-state index contributed by atoms with van der Waals surface area (Å²) in [7, 11) is 0. The van der Waals surface area contributed by atoms with Crippen molar-refractivity contribution in [2.45, 2.75) is 13.3 Å². The van der Waals surface area contributed by atoms with Crippen LogP contribution >= 0.6 is 22.7 Å². The van der Waals surface area contributed by atoms with E-state index in [0.29, 0.717) is 9.75 Å². The van der Waals surface area contributed by atoms with Crippen LogP contribution in [0.4, 0.5) is 0 Å². The first kappa shape index (κ1) is 15.7. The van der Waals surface area contributed by atoms with Crippen molar-refractivity contribution < 1.29 is 14.3 Å². The molecule has 0 aliphatic heterocycles. The maximum absolute atomic E-state index is 12.2. The van der Waals surface area contributed by atoms with E-state index in [2.05, 4.69) is 0 Å². The van der Waals surface area contributed by atoms with E-state index in [-0.39, 0.29) is 12.4 Å². The van der Waals surface area contributed by atoms with Crippen molar-refractivity contribution in [2.24, 2.45) is 0 Å². The SMILES string of the molecule is CCc1ccc(C(=O)COC(=O)c2sccc2-n2cccc2)s1. The number of ketones is 1. The molecule has 0 atom stereocenters. The van der Waals surface area contributed by atoms with Crippen molar-refractivity contribution in [3.05, 3.63) is 62.7 Å². The summed E-state index contributed by atoms with van der Waals surface area (Å²) < 4.78 is 7.05. The molecule has 0 bridgehead atoms. The third-order valence-corrected chi connectivity index (χ3v) is 5.49. The van der Waals surface area contributed by atoms with Crippen LogP contribution in [-0.2, 0) is 11.2 Å². The molecular formula is C17H15NO3S2. The molecule has 0 fully saturated rings. The molecule has 3 aromatic heterocycles. The number of nitrogens with zero attached hydrogens (tertiary/aromatic N) is 1. The average molecular weight is 345 g/mol. The minimum absolute atomic E-state index is 0.165. The molecule has 0 amide bonds. The fraction of sp³-hybridized carbons (Fsp3) is 0.176. The van der Waals surface area contributed by atoms with Crippen LogP contribution in [0.1, 0.15) is 31.1 Å². The number of esters is 1. The number of carbonyl (C=O) groups excluding carboxylic acids is 2. The molecule has 23 heavy (non-hydrogen) atoms. The van der Waals surface area contributed by atoms with Gasteiger partial charge in [0, 0.05) is 17.3 Å². The van der Waals surface area contributed by atoms with E-state index in [1.807, 2.05) is 53.5 Å². The Bertz CT molecular complexity index is 815. The molecule has 0 aliphatic rings. The Morgan fingerprint density at radius 3 is 2.65 bits per heavy atom. The summed E-state index contributed by atoms with van der Waals surface area (Å²) in [6, 6.07) is 9.35. The molecule has 0 N–H and O–H groups in total. The van der Waals surface area contributed by atoms with E-state index < -0.39 is 5.97 Å². The van der Waals surface area contributed by atoms with E-state index in [1.165, 1.54) is 22.7 Å². The van der Waals surface area contributed by atoms with Gasteiger partial charge >= 0.3 is 5.97 Å². The molecule has 118 valence electrons. The van der Waals surface area contributed by atoms with E-state index >= 15 is 0 Å². The summed E-state index contributed by atoms with van der Waals surface area (Å²) in [6.07, 6.45) is 4.62. The van der Waals surface area contributed by atoms with Gasteiger partial charge in [0.1, 0.15) is 4.88 Å². The zero-order chi connectivity index (χ0) is 16.2. The molecule has 4 nitrogen and oxygen atoms in total. The Labute approximate surface area is 142 Å². The highest BCUT2D eigenvalue weighted by Crippen LogP contribution is 2.23. The van der Waals surface area contributed by atoms with Gasteiger partial charge in [0.05, 0.1) is 10.6 Å². The Morgan fingerprint density at radius 2 is 1.96 bits per heavy atom. The topological polar surface area (TPSA) is 48.3 Å². The van der Waals surface area contributed by atoms with Crippen LogP contribution in [0.2, 0.25) is 0 Å². The fourth-order valence-electron chi connectivity index (χ4n) is 2.14. The Balaban J connectivity index is 1.66. The molecule has 6 heteroatoms. The highest BCUT2D eigenvalue weighted by Gasteiger charge is 2.18. The third kappa shape index (κ3) is 3.43. The zero-order valence-corrected chi connectivity index (χ0v) is 14.2. The van der Waals surface area contributed by atoms with Crippen molar-refractivity contribution in [3.8, 4) is 5.69 Å². The first-order valence-corrected chi connectivity index (χ1v) is 8.88. The third-order valence-electron chi connectivity index (χ3n) is 3.33. The molecule has 0 radical (unpaired) electrons. The summed E-state index contributed by atoms with van der Waals surface area (Å²) in [5.41, 5.74) is 0.766. The number of aryl methyl sites for hydroxylation is 1. The number of carbonyl (C=O) groups is 2. The maximum atomic E-state index is 12.2. The number of rotatable bonds is 6. The van der Waals surface area contributed by atoms with Crippen LogP contribution in [0.25, 0.3) is 5.69 Å². The largest absolute Gasteiger partial charge is 0.453 e. The van der Waals surface area contributed by atoms with Gasteiger partial charge in [-0.15, -0.1) is 22.7 Å². The second-order valence-corrected chi connectivity index (χ2v) is 6.93. The second kappa shape index (κ2) is 6.93. The minimum atomic E-state index is -0.468. The highest BCUT2D eigenvalue weighted by molar-refractivity contribution is 7.14. The molecule has 0 saturated carbocycles. The molecule has 0 aromatic carbocycles. The Morgan fingerprint density at radius 1 is 1.17 bits per heavy atom. The summed E-state index contributed by atoms with van der Waals surface area (Å²) in [5.74, 6) is -0.633. The summed E-state index contributed by atoms with van der Waals surface area (Å²) in [4.78, 5) is 26.6. The number of hydrogen-bond acceptors (Lipinski definition) is 5. The second-order valence-electron chi connectivity index (χ2n) is 4.84. The van der Waals surface area contributed by atoms with Gasteiger partial charge in [0.15, 0.2) is 6.61 Å². The van der Waals surface area contributed by atoms with Crippen LogP contribution in [-0.4, -0.2) is 22.9 Å². The molecule has 0 saturated heterocycles. The van der Waals surface area contributed by atoms with E-state index in [9.17, 15) is 9.59 Å². The number of thiophene rings is 2. The molecule has 0 aliphatic carbocycles. The standard InChI is InChI=1S/C17H15NO3S2/c1-2-12-5-6-15(23-12)14(19)11-21-17(20)16-13(7-10-22-16)18-8-3-4-9-18/h3-10H,2,11H2,1H3. The van der Waals surface area contributed by atoms with Crippen molar-refractivity contribution in [1.82, 2.24) is 4.57 Å². The van der Waals surface area contributed by atoms with Crippen LogP contribution in [0.5, 0.6) is 0 Å². The van der Waals surface area contributed by atoms with Crippen LogP contribution in [0.15, 0.2) is 48.1 Å². The number of ether oxygens (including phenoxy) is 1.